The third kappa shape index (κ3) is 4.16. The van der Waals surface area contributed by atoms with E-state index in [2.05, 4.69) is 6.92 Å². The Labute approximate surface area is 106 Å². The number of nitro groups is 1. The highest BCUT2D eigenvalue weighted by Crippen LogP contribution is 2.14. The molecular weight excluding hydrogens is 234 g/mol. The SMILES string of the molecule is CCCC[C@@H](C)OC(=O)c1ccc([N+](=O)[O-])cc1. The van der Waals surface area contributed by atoms with E-state index < -0.39 is 10.9 Å². The summed E-state index contributed by atoms with van der Waals surface area (Å²) in [5, 5.41) is 10.5. The van der Waals surface area contributed by atoms with Gasteiger partial charge >= 0.3 is 5.97 Å². The number of hydrogen-bond donors (Lipinski definition) is 0. The summed E-state index contributed by atoms with van der Waals surface area (Å²) in [6.45, 7) is 3.92. The molecule has 0 heterocycles. The van der Waals surface area contributed by atoms with Gasteiger partial charge in [-0.25, -0.2) is 4.79 Å². The number of carbonyl (C=O) groups excluding carboxylic acids is 1. The molecule has 5 nitrogen and oxygen atoms in total. The molecule has 0 saturated heterocycles. The van der Waals surface area contributed by atoms with Crippen LogP contribution in [-0.2, 0) is 4.74 Å². The van der Waals surface area contributed by atoms with Crippen molar-refractivity contribution >= 4 is 11.7 Å². The monoisotopic (exact) mass is 251 g/mol. The van der Waals surface area contributed by atoms with Crippen molar-refractivity contribution in [3.63, 3.8) is 0 Å². The maximum Gasteiger partial charge on any atom is 0.338 e. The van der Waals surface area contributed by atoms with E-state index in [9.17, 15) is 14.9 Å². The van der Waals surface area contributed by atoms with E-state index in [1.165, 1.54) is 24.3 Å². The summed E-state index contributed by atoms with van der Waals surface area (Å²) < 4.78 is 5.23. The zero-order valence-corrected chi connectivity index (χ0v) is 10.6. The van der Waals surface area contributed by atoms with Crippen molar-refractivity contribution in [1.82, 2.24) is 0 Å². The number of esters is 1. The molecule has 1 aromatic rings. The molecule has 1 aromatic carbocycles. The summed E-state index contributed by atoms with van der Waals surface area (Å²) in [5.74, 6) is -0.437. The molecule has 0 radical (unpaired) electrons. The molecule has 98 valence electrons. The molecule has 0 amide bonds. The van der Waals surface area contributed by atoms with Gasteiger partial charge in [0.15, 0.2) is 0 Å². The van der Waals surface area contributed by atoms with E-state index in [4.69, 9.17) is 4.74 Å². The van der Waals surface area contributed by atoms with Crippen molar-refractivity contribution in [3.8, 4) is 0 Å². The first-order chi connectivity index (χ1) is 8.54. The molecule has 1 rings (SSSR count). The van der Waals surface area contributed by atoms with Gasteiger partial charge in [-0.15, -0.1) is 0 Å². The first-order valence-electron chi connectivity index (χ1n) is 6.00. The lowest BCUT2D eigenvalue weighted by molar-refractivity contribution is -0.384. The van der Waals surface area contributed by atoms with Gasteiger partial charge in [0.1, 0.15) is 0 Å². The highest BCUT2D eigenvalue weighted by molar-refractivity contribution is 5.89. The summed E-state index contributed by atoms with van der Waals surface area (Å²) in [6.07, 6.45) is 2.76. The van der Waals surface area contributed by atoms with E-state index in [1.54, 1.807) is 0 Å². The largest absolute Gasteiger partial charge is 0.459 e. The van der Waals surface area contributed by atoms with Gasteiger partial charge in [-0.2, -0.15) is 0 Å². The van der Waals surface area contributed by atoms with E-state index in [0.717, 1.165) is 19.3 Å². The van der Waals surface area contributed by atoms with Crippen molar-refractivity contribution < 1.29 is 14.5 Å². The van der Waals surface area contributed by atoms with E-state index >= 15 is 0 Å². The van der Waals surface area contributed by atoms with Crippen molar-refractivity contribution in [2.24, 2.45) is 0 Å². The molecule has 1 atom stereocenters. The van der Waals surface area contributed by atoms with Crippen LogP contribution in [0.4, 0.5) is 5.69 Å². The zero-order valence-electron chi connectivity index (χ0n) is 10.6. The van der Waals surface area contributed by atoms with Crippen molar-refractivity contribution in [1.29, 1.82) is 0 Å². The number of ether oxygens (including phenoxy) is 1. The second-order valence-corrected chi connectivity index (χ2v) is 4.16. The van der Waals surface area contributed by atoms with Crippen LogP contribution < -0.4 is 0 Å². The molecule has 0 bridgehead atoms. The van der Waals surface area contributed by atoms with E-state index in [1.807, 2.05) is 6.92 Å². The van der Waals surface area contributed by atoms with Crippen molar-refractivity contribution in [2.45, 2.75) is 39.2 Å². The average Bonchev–Trinajstić information content (AvgIpc) is 2.36. The Morgan fingerprint density at radius 1 is 1.39 bits per heavy atom. The number of hydrogen-bond acceptors (Lipinski definition) is 4. The fourth-order valence-corrected chi connectivity index (χ4v) is 1.52. The number of benzene rings is 1. The minimum absolute atomic E-state index is 0.0365. The summed E-state index contributed by atoms with van der Waals surface area (Å²) >= 11 is 0. The number of unbranched alkanes of at least 4 members (excludes halogenated alkanes) is 1. The van der Waals surface area contributed by atoms with Crippen molar-refractivity contribution in [2.75, 3.05) is 0 Å². The Balaban J connectivity index is 2.58. The second-order valence-electron chi connectivity index (χ2n) is 4.16. The molecule has 0 N–H and O–H groups in total. The lowest BCUT2D eigenvalue weighted by atomic mass is 10.2. The van der Waals surface area contributed by atoms with Crippen LogP contribution in [0.3, 0.4) is 0 Å². The summed E-state index contributed by atoms with van der Waals surface area (Å²) in [6, 6.07) is 5.42. The topological polar surface area (TPSA) is 69.4 Å². The Morgan fingerprint density at radius 2 is 2.00 bits per heavy atom. The van der Waals surface area contributed by atoms with Crippen LogP contribution in [-0.4, -0.2) is 17.0 Å². The highest BCUT2D eigenvalue weighted by atomic mass is 16.6. The fraction of sp³-hybridized carbons (Fsp3) is 0.462. The predicted octanol–water partition coefficient (Wildman–Crippen LogP) is 3.33. The minimum atomic E-state index is -0.501. The van der Waals surface area contributed by atoms with Gasteiger partial charge in [-0.1, -0.05) is 19.8 Å². The summed E-state index contributed by atoms with van der Waals surface area (Å²) in [7, 11) is 0. The minimum Gasteiger partial charge on any atom is -0.459 e. The number of rotatable bonds is 6. The number of nitrogens with zero attached hydrogens (tertiary/aromatic N) is 1. The molecule has 0 aliphatic carbocycles. The lowest BCUT2D eigenvalue weighted by Crippen LogP contribution is -2.14. The Morgan fingerprint density at radius 3 is 2.50 bits per heavy atom. The first kappa shape index (κ1) is 14.2. The molecule has 0 unspecified atom stereocenters. The molecule has 0 aliphatic heterocycles. The maximum absolute atomic E-state index is 11.7. The van der Waals surface area contributed by atoms with Crippen LogP contribution in [0.15, 0.2) is 24.3 Å². The quantitative estimate of drug-likeness (QED) is 0.441. The fourth-order valence-electron chi connectivity index (χ4n) is 1.52. The number of carbonyl (C=O) groups is 1. The molecule has 0 aliphatic rings. The van der Waals surface area contributed by atoms with Gasteiger partial charge in [-0.05, 0) is 25.5 Å². The van der Waals surface area contributed by atoms with Crippen LogP contribution in [0, 0.1) is 10.1 Å². The van der Waals surface area contributed by atoms with Gasteiger partial charge in [0.2, 0.25) is 0 Å². The average molecular weight is 251 g/mol. The lowest BCUT2D eigenvalue weighted by Gasteiger charge is -2.12. The maximum atomic E-state index is 11.7. The van der Waals surface area contributed by atoms with Crippen LogP contribution >= 0.6 is 0 Å². The Kier molecular flexibility index (Phi) is 5.30. The van der Waals surface area contributed by atoms with Gasteiger partial charge in [0.25, 0.3) is 5.69 Å². The van der Waals surface area contributed by atoms with E-state index in [-0.39, 0.29) is 11.8 Å². The standard InChI is InChI=1S/C13H17NO4/c1-3-4-5-10(2)18-13(15)11-6-8-12(9-7-11)14(16)17/h6-10H,3-5H2,1-2H3/t10-/m1/s1. The normalized spacial score (nSPS) is 11.9. The Bertz CT molecular complexity index is 414. The van der Waals surface area contributed by atoms with Crippen LogP contribution in [0.5, 0.6) is 0 Å². The molecule has 5 heteroatoms. The van der Waals surface area contributed by atoms with Crippen LogP contribution in [0.1, 0.15) is 43.5 Å². The van der Waals surface area contributed by atoms with Crippen molar-refractivity contribution in [3.05, 3.63) is 39.9 Å². The molecule has 18 heavy (non-hydrogen) atoms. The van der Waals surface area contributed by atoms with Gasteiger partial charge in [0, 0.05) is 12.1 Å². The molecule has 0 saturated carbocycles. The summed E-state index contributed by atoms with van der Waals surface area (Å²) in [5.41, 5.74) is 0.300. The summed E-state index contributed by atoms with van der Waals surface area (Å²) in [4.78, 5) is 21.7. The highest BCUT2D eigenvalue weighted by Gasteiger charge is 2.13. The molecule has 0 aromatic heterocycles. The smallest absolute Gasteiger partial charge is 0.338 e. The number of non-ortho nitro benzene ring substituents is 1. The van der Waals surface area contributed by atoms with Gasteiger partial charge in [-0.3, -0.25) is 10.1 Å². The third-order valence-electron chi connectivity index (χ3n) is 2.59. The predicted molar refractivity (Wildman–Crippen MR) is 67.5 cm³/mol. The van der Waals surface area contributed by atoms with E-state index in [0.29, 0.717) is 5.56 Å². The number of nitro benzene ring substituents is 1. The van der Waals surface area contributed by atoms with Gasteiger partial charge in [0.05, 0.1) is 16.6 Å². The Hall–Kier alpha value is -1.91. The van der Waals surface area contributed by atoms with Crippen LogP contribution in [0.2, 0.25) is 0 Å². The first-order valence-corrected chi connectivity index (χ1v) is 6.00. The molecule has 0 fully saturated rings. The zero-order chi connectivity index (χ0) is 13.5. The van der Waals surface area contributed by atoms with Gasteiger partial charge < -0.3 is 4.74 Å². The van der Waals surface area contributed by atoms with Crippen LogP contribution in [0.25, 0.3) is 0 Å². The molecular formula is C13H17NO4. The molecule has 0 spiro atoms. The second kappa shape index (κ2) is 6.74. The third-order valence-corrected chi connectivity index (χ3v) is 2.59.